The van der Waals surface area contributed by atoms with Crippen LogP contribution in [0.2, 0.25) is 0 Å². The number of alkyl halides is 9. The van der Waals surface area contributed by atoms with Crippen molar-refractivity contribution in [3.05, 3.63) is 0 Å². The van der Waals surface area contributed by atoms with Gasteiger partial charge < -0.3 is 9.47 Å². The highest BCUT2D eigenvalue weighted by molar-refractivity contribution is 5.78. The van der Waals surface area contributed by atoms with Crippen molar-refractivity contribution < 1.29 is 58.6 Å². The molecule has 35 heavy (non-hydrogen) atoms. The Balaban J connectivity index is 4.98. The van der Waals surface area contributed by atoms with E-state index >= 15 is 0 Å². The van der Waals surface area contributed by atoms with E-state index in [1.807, 2.05) is 41.5 Å². The molecule has 0 aliphatic rings. The molecule has 0 saturated heterocycles. The molecule has 0 fully saturated rings. The molecule has 0 aromatic heterocycles. The molecular weight excluding hydrogens is 499 g/mol. The number of carbonyl (C=O) groups is 2. The van der Waals surface area contributed by atoms with Crippen LogP contribution in [0.5, 0.6) is 0 Å². The van der Waals surface area contributed by atoms with E-state index in [2.05, 4.69) is 4.74 Å². The van der Waals surface area contributed by atoms with Crippen LogP contribution >= 0.6 is 0 Å². The van der Waals surface area contributed by atoms with E-state index in [9.17, 15) is 49.1 Å². The third-order valence-corrected chi connectivity index (χ3v) is 6.32. The van der Waals surface area contributed by atoms with Crippen molar-refractivity contribution in [1.82, 2.24) is 0 Å². The first-order chi connectivity index (χ1) is 15.3. The molecule has 0 aliphatic carbocycles. The monoisotopic (exact) mass is 532 g/mol. The summed E-state index contributed by atoms with van der Waals surface area (Å²) in [6.07, 6.45) is -8.68. The van der Waals surface area contributed by atoms with Gasteiger partial charge in [0.15, 0.2) is 0 Å². The summed E-state index contributed by atoms with van der Waals surface area (Å²) < 4.78 is 125. The Bertz CT molecular complexity index is 740. The van der Waals surface area contributed by atoms with E-state index in [0.717, 1.165) is 6.42 Å². The number of ether oxygens (including phenoxy) is 2. The normalized spacial score (nSPS) is 16.0. The first kappa shape index (κ1) is 33.3. The lowest BCUT2D eigenvalue weighted by molar-refractivity contribution is -0.397. The van der Waals surface area contributed by atoms with Gasteiger partial charge in [0.25, 0.3) is 0 Å². The Morgan fingerprint density at radius 1 is 0.714 bits per heavy atom. The van der Waals surface area contributed by atoms with Gasteiger partial charge in [0.05, 0.1) is 24.9 Å². The highest BCUT2D eigenvalue weighted by atomic mass is 19.4. The lowest BCUT2D eigenvalue weighted by Gasteiger charge is -2.44. The zero-order valence-corrected chi connectivity index (χ0v) is 20.8. The molecule has 13 heteroatoms. The van der Waals surface area contributed by atoms with Gasteiger partial charge >= 0.3 is 35.9 Å². The minimum atomic E-state index is -7.01. The summed E-state index contributed by atoms with van der Waals surface area (Å²) in [6.45, 7) is 10.9. The number of esters is 2. The molecule has 0 N–H and O–H groups in total. The fourth-order valence-corrected chi connectivity index (χ4v) is 3.04. The number of hydrogen-bond acceptors (Lipinski definition) is 4. The summed E-state index contributed by atoms with van der Waals surface area (Å²) in [6, 6.07) is 0. The predicted octanol–water partition coefficient (Wildman–Crippen LogP) is 7.20. The zero-order chi connectivity index (χ0) is 28.3. The van der Waals surface area contributed by atoms with E-state index in [4.69, 9.17) is 4.74 Å². The molecule has 0 spiro atoms. The molecule has 0 heterocycles. The van der Waals surface area contributed by atoms with Crippen molar-refractivity contribution in [3.8, 4) is 0 Å². The highest BCUT2D eigenvalue weighted by Gasteiger charge is 2.81. The van der Waals surface area contributed by atoms with E-state index in [0.29, 0.717) is 6.42 Å². The van der Waals surface area contributed by atoms with Crippen molar-refractivity contribution in [2.75, 3.05) is 13.2 Å². The van der Waals surface area contributed by atoms with Crippen molar-refractivity contribution in [2.45, 2.75) is 98.1 Å². The maximum Gasteiger partial charge on any atom is 0.460 e. The zero-order valence-electron chi connectivity index (χ0n) is 20.8. The maximum absolute atomic E-state index is 13.5. The van der Waals surface area contributed by atoms with Crippen LogP contribution in [0.1, 0.15) is 74.1 Å². The predicted molar refractivity (Wildman–Crippen MR) is 108 cm³/mol. The van der Waals surface area contributed by atoms with Crippen molar-refractivity contribution in [1.29, 1.82) is 0 Å². The molecule has 0 aliphatic heterocycles. The summed E-state index contributed by atoms with van der Waals surface area (Å²) in [4.78, 5) is 24.5. The van der Waals surface area contributed by atoms with Crippen LogP contribution < -0.4 is 0 Å². The van der Waals surface area contributed by atoms with Crippen LogP contribution in [0.4, 0.5) is 39.5 Å². The quantitative estimate of drug-likeness (QED) is 0.197. The molecule has 0 saturated carbocycles. The number of carbonyl (C=O) groups excluding carboxylic acids is 2. The molecule has 0 radical (unpaired) electrons. The second-order valence-corrected chi connectivity index (χ2v) is 10.5. The van der Waals surface area contributed by atoms with Crippen molar-refractivity contribution in [2.24, 2.45) is 16.2 Å². The highest BCUT2D eigenvalue weighted by Crippen LogP contribution is 2.54. The summed E-state index contributed by atoms with van der Waals surface area (Å²) >= 11 is 0. The summed E-state index contributed by atoms with van der Waals surface area (Å²) in [5, 5.41) is 0. The lowest BCUT2D eigenvalue weighted by atomic mass is 9.60. The second kappa shape index (κ2) is 10.7. The van der Waals surface area contributed by atoms with Crippen LogP contribution in [0.15, 0.2) is 0 Å². The SMILES string of the molecule is CCC(C)(C)CC(C)(C(=O)OCCC(=O)OCCC(F)(F)C(F)(F)C(F)(F)C(F)(F)F)C(C)(C)C. The van der Waals surface area contributed by atoms with E-state index in [1.54, 1.807) is 6.92 Å². The summed E-state index contributed by atoms with van der Waals surface area (Å²) in [5.41, 5.74) is -1.75. The average Bonchev–Trinajstić information content (AvgIpc) is 2.65. The van der Waals surface area contributed by atoms with E-state index < -0.39 is 72.8 Å². The first-order valence-electron chi connectivity index (χ1n) is 10.8. The van der Waals surface area contributed by atoms with Gasteiger partial charge in [-0.3, -0.25) is 9.59 Å². The molecule has 0 bridgehead atoms. The van der Waals surface area contributed by atoms with Gasteiger partial charge in [-0.05, 0) is 24.2 Å². The van der Waals surface area contributed by atoms with Gasteiger partial charge in [-0.2, -0.15) is 39.5 Å². The molecule has 0 aromatic rings. The smallest absolute Gasteiger partial charge is 0.460 e. The molecule has 4 nitrogen and oxygen atoms in total. The fraction of sp³-hybridized carbons (Fsp3) is 0.909. The minimum absolute atomic E-state index is 0.226. The minimum Gasteiger partial charge on any atom is -0.465 e. The van der Waals surface area contributed by atoms with Gasteiger partial charge in [-0.25, -0.2) is 0 Å². The maximum atomic E-state index is 13.5. The Kier molecular flexibility index (Phi) is 10.2. The van der Waals surface area contributed by atoms with Gasteiger partial charge in [-0.15, -0.1) is 0 Å². The Morgan fingerprint density at radius 3 is 1.60 bits per heavy atom. The summed E-state index contributed by atoms with van der Waals surface area (Å²) in [7, 11) is 0. The van der Waals surface area contributed by atoms with Crippen LogP contribution in [-0.2, 0) is 19.1 Å². The molecule has 1 atom stereocenters. The van der Waals surface area contributed by atoms with Crippen LogP contribution in [-0.4, -0.2) is 49.1 Å². The molecule has 1 unspecified atom stereocenters. The van der Waals surface area contributed by atoms with Gasteiger partial charge in [-0.1, -0.05) is 48.0 Å². The number of hydrogen-bond donors (Lipinski definition) is 0. The van der Waals surface area contributed by atoms with E-state index in [1.165, 1.54) is 0 Å². The molecular formula is C22H33F9O4. The van der Waals surface area contributed by atoms with Crippen LogP contribution in [0.25, 0.3) is 0 Å². The van der Waals surface area contributed by atoms with Crippen molar-refractivity contribution >= 4 is 11.9 Å². The lowest BCUT2D eigenvalue weighted by Crippen LogP contribution is -2.61. The summed E-state index contributed by atoms with van der Waals surface area (Å²) in [5.74, 6) is -21.6. The van der Waals surface area contributed by atoms with Gasteiger partial charge in [0.1, 0.15) is 6.61 Å². The molecule has 208 valence electrons. The van der Waals surface area contributed by atoms with Gasteiger partial charge in [0, 0.05) is 0 Å². The number of halogens is 9. The van der Waals surface area contributed by atoms with Crippen molar-refractivity contribution in [3.63, 3.8) is 0 Å². The Labute approximate surface area is 198 Å². The molecule has 0 aromatic carbocycles. The van der Waals surface area contributed by atoms with Crippen LogP contribution in [0, 0.1) is 16.2 Å². The topological polar surface area (TPSA) is 52.6 Å². The largest absolute Gasteiger partial charge is 0.465 e. The standard InChI is InChI=1S/C22H33F9O4/c1-8-17(5,6)13-18(7,16(2,3)4)15(33)35-11-9-14(32)34-12-10-19(23,24)20(25,26)21(27,28)22(29,30)31/h8-13H2,1-7H3. The van der Waals surface area contributed by atoms with Crippen LogP contribution in [0.3, 0.4) is 0 Å². The molecule has 0 rings (SSSR count). The third kappa shape index (κ3) is 7.65. The first-order valence-corrected chi connectivity index (χ1v) is 10.8. The van der Waals surface area contributed by atoms with Gasteiger partial charge in [0.2, 0.25) is 0 Å². The second-order valence-electron chi connectivity index (χ2n) is 10.5. The fourth-order valence-electron chi connectivity index (χ4n) is 3.04. The Morgan fingerprint density at radius 2 is 1.20 bits per heavy atom. The molecule has 0 amide bonds. The Hall–Kier alpha value is -1.69. The average molecular weight is 532 g/mol. The third-order valence-electron chi connectivity index (χ3n) is 6.32. The van der Waals surface area contributed by atoms with E-state index in [-0.39, 0.29) is 5.41 Å². The number of rotatable bonds is 12.